The highest BCUT2D eigenvalue weighted by atomic mass is 16.5. The number of amides is 2. The lowest BCUT2D eigenvalue weighted by atomic mass is 9.94. The molecule has 2 aromatic carbocycles. The molecule has 1 aromatic heterocycles. The van der Waals surface area contributed by atoms with E-state index in [0.29, 0.717) is 29.9 Å². The van der Waals surface area contributed by atoms with Crippen LogP contribution in [0, 0.1) is 6.92 Å². The molecule has 0 bridgehead atoms. The van der Waals surface area contributed by atoms with E-state index in [-0.39, 0.29) is 23.9 Å². The lowest BCUT2D eigenvalue weighted by molar-refractivity contribution is -0.110. The standard InChI is InChI=1S/C28H30N4O3/c1-16-11-22(28(34)32-14-17(2)29-18(3)15-32)25(30-16)13-23-26-21(9-6-10-24(26)31-27(23)33)19-7-5-8-20(12-19)35-4/h5-13,17-18,29-30H,14-15H2,1-4H3,(H,31,33)/t17-,18+. The first-order valence-corrected chi connectivity index (χ1v) is 11.9. The third-order valence-corrected chi connectivity index (χ3v) is 6.55. The fourth-order valence-corrected chi connectivity index (χ4v) is 5.13. The number of hydrogen-bond donors (Lipinski definition) is 3. The first-order chi connectivity index (χ1) is 16.8. The zero-order chi connectivity index (χ0) is 24.7. The molecule has 7 nitrogen and oxygen atoms in total. The number of benzene rings is 2. The summed E-state index contributed by atoms with van der Waals surface area (Å²) in [5.41, 5.74) is 6.07. The number of anilines is 1. The molecule has 2 amide bonds. The smallest absolute Gasteiger partial charge is 0.256 e. The first kappa shape index (κ1) is 22.9. The predicted octanol–water partition coefficient (Wildman–Crippen LogP) is 4.31. The predicted molar refractivity (Wildman–Crippen MR) is 138 cm³/mol. The van der Waals surface area contributed by atoms with Crippen LogP contribution in [0.5, 0.6) is 5.75 Å². The number of ether oxygens (including phenoxy) is 1. The van der Waals surface area contributed by atoms with Crippen LogP contribution in [0.25, 0.3) is 22.8 Å². The van der Waals surface area contributed by atoms with E-state index in [9.17, 15) is 9.59 Å². The zero-order valence-electron chi connectivity index (χ0n) is 20.4. The molecular formula is C28H30N4O3. The summed E-state index contributed by atoms with van der Waals surface area (Å²) in [4.78, 5) is 31.8. The second kappa shape index (κ2) is 9.07. The molecule has 3 aromatic rings. The van der Waals surface area contributed by atoms with E-state index in [1.807, 2.05) is 60.4 Å². The molecular weight excluding hydrogens is 440 g/mol. The Morgan fingerprint density at radius 3 is 2.57 bits per heavy atom. The number of nitrogens with one attached hydrogen (secondary N) is 3. The average molecular weight is 471 g/mol. The highest BCUT2D eigenvalue weighted by Crippen LogP contribution is 2.41. The molecule has 2 atom stereocenters. The normalized spacial score (nSPS) is 20.6. The van der Waals surface area contributed by atoms with Gasteiger partial charge in [0, 0.05) is 42.1 Å². The minimum absolute atomic E-state index is 0.0268. The number of aryl methyl sites for hydroxylation is 1. The van der Waals surface area contributed by atoms with E-state index in [2.05, 4.69) is 29.5 Å². The molecule has 3 N–H and O–H groups in total. The first-order valence-electron chi connectivity index (χ1n) is 11.9. The molecule has 180 valence electrons. The Bertz CT molecular complexity index is 1330. The minimum Gasteiger partial charge on any atom is -0.497 e. The number of piperazine rings is 1. The van der Waals surface area contributed by atoms with E-state index in [4.69, 9.17) is 4.74 Å². The van der Waals surface area contributed by atoms with Gasteiger partial charge in [-0.1, -0.05) is 24.3 Å². The summed E-state index contributed by atoms with van der Waals surface area (Å²) in [7, 11) is 1.64. The Morgan fingerprint density at radius 2 is 1.83 bits per heavy atom. The minimum atomic E-state index is -0.189. The van der Waals surface area contributed by atoms with Crippen molar-refractivity contribution >= 4 is 29.2 Å². The highest BCUT2D eigenvalue weighted by Gasteiger charge is 2.30. The van der Waals surface area contributed by atoms with Gasteiger partial charge in [-0.15, -0.1) is 0 Å². The van der Waals surface area contributed by atoms with E-state index in [1.54, 1.807) is 13.2 Å². The average Bonchev–Trinajstić information content (AvgIpc) is 3.36. The van der Waals surface area contributed by atoms with Gasteiger partial charge in [0.15, 0.2) is 0 Å². The monoisotopic (exact) mass is 470 g/mol. The van der Waals surface area contributed by atoms with Crippen LogP contribution in [0.1, 0.15) is 41.2 Å². The third kappa shape index (κ3) is 4.35. The van der Waals surface area contributed by atoms with Gasteiger partial charge >= 0.3 is 0 Å². The van der Waals surface area contributed by atoms with E-state index in [0.717, 1.165) is 33.8 Å². The topological polar surface area (TPSA) is 86.5 Å². The Balaban J connectivity index is 1.58. The fraction of sp³-hybridized carbons (Fsp3) is 0.286. The second-order valence-electron chi connectivity index (χ2n) is 9.43. The molecule has 0 saturated carbocycles. The Kier molecular flexibility index (Phi) is 5.94. The Labute approximate surface area is 205 Å². The van der Waals surface area contributed by atoms with Gasteiger partial charge in [0.25, 0.3) is 11.8 Å². The maximum atomic E-state index is 13.5. The third-order valence-electron chi connectivity index (χ3n) is 6.55. The Morgan fingerprint density at radius 1 is 1.09 bits per heavy atom. The summed E-state index contributed by atoms with van der Waals surface area (Å²) < 4.78 is 5.41. The fourth-order valence-electron chi connectivity index (χ4n) is 5.13. The Hall–Kier alpha value is -3.84. The summed E-state index contributed by atoms with van der Waals surface area (Å²) in [5, 5.41) is 6.45. The lowest BCUT2D eigenvalue weighted by Crippen LogP contribution is -2.55. The number of rotatable bonds is 4. The van der Waals surface area contributed by atoms with Crippen molar-refractivity contribution in [3.63, 3.8) is 0 Å². The number of aromatic nitrogens is 1. The van der Waals surface area contributed by atoms with Crippen molar-refractivity contribution in [1.82, 2.24) is 15.2 Å². The van der Waals surface area contributed by atoms with Crippen LogP contribution in [0.3, 0.4) is 0 Å². The van der Waals surface area contributed by atoms with Crippen LogP contribution in [0.2, 0.25) is 0 Å². The SMILES string of the molecule is COc1cccc(-c2cccc3c2C(=Cc2[nH]c(C)cc2C(=O)N2C[C@@H](C)N[C@@H](C)C2)C(=O)N3)c1. The number of carbonyl (C=O) groups is 2. The van der Waals surface area contributed by atoms with Crippen molar-refractivity contribution in [3.05, 3.63) is 71.0 Å². The largest absolute Gasteiger partial charge is 0.497 e. The van der Waals surface area contributed by atoms with Crippen molar-refractivity contribution in [2.24, 2.45) is 0 Å². The van der Waals surface area contributed by atoms with Gasteiger partial charge < -0.3 is 25.3 Å². The van der Waals surface area contributed by atoms with Crippen molar-refractivity contribution in [1.29, 1.82) is 0 Å². The summed E-state index contributed by atoms with van der Waals surface area (Å²) in [6, 6.07) is 15.9. The van der Waals surface area contributed by atoms with Gasteiger partial charge in [0.2, 0.25) is 0 Å². The molecule has 0 spiro atoms. The highest BCUT2D eigenvalue weighted by molar-refractivity contribution is 6.36. The molecule has 2 aliphatic heterocycles. The molecule has 7 heteroatoms. The van der Waals surface area contributed by atoms with Crippen LogP contribution in [-0.2, 0) is 4.79 Å². The van der Waals surface area contributed by atoms with Crippen molar-refractivity contribution in [2.45, 2.75) is 32.9 Å². The number of H-pyrrole nitrogens is 1. The molecule has 2 aliphatic rings. The van der Waals surface area contributed by atoms with Crippen LogP contribution >= 0.6 is 0 Å². The molecule has 35 heavy (non-hydrogen) atoms. The van der Waals surface area contributed by atoms with E-state index < -0.39 is 0 Å². The number of aromatic amines is 1. The van der Waals surface area contributed by atoms with Gasteiger partial charge in [0.1, 0.15) is 5.75 Å². The number of hydrogen-bond acceptors (Lipinski definition) is 4. The number of carbonyl (C=O) groups excluding carboxylic acids is 2. The molecule has 0 radical (unpaired) electrons. The van der Waals surface area contributed by atoms with Crippen molar-refractivity contribution in [2.75, 3.05) is 25.5 Å². The van der Waals surface area contributed by atoms with Crippen molar-refractivity contribution in [3.8, 4) is 16.9 Å². The number of nitrogens with zero attached hydrogens (tertiary/aromatic N) is 1. The summed E-state index contributed by atoms with van der Waals surface area (Å²) in [5.74, 6) is 0.529. The van der Waals surface area contributed by atoms with Crippen LogP contribution < -0.4 is 15.4 Å². The molecule has 3 heterocycles. The lowest BCUT2D eigenvalue weighted by Gasteiger charge is -2.36. The molecule has 0 unspecified atom stereocenters. The molecule has 5 rings (SSSR count). The van der Waals surface area contributed by atoms with Gasteiger partial charge in [-0.05, 0) is 62.2 Å². The van der Waals surface area contributed by atoms with Crippen molar-refractivity contribution < 1.29 is 14.3 Å². The quantitative estimate of drug-likeness (QED) is 0.496. The van der Waals surface area contributed by atoms with Crippen LogP contribution in [-0.4, -0.2) is 54.0 Å². The van der Waals surface area contributed by atoms with E-state index in [1.165, 1.54) is 0 Å². The van der Waals surface area contributed by atoms with Crippen LogP contribution in [0.4, 0.5) is 5.69 Å². The van der Waals surface area contributed by atoms with Gasteiger partial charge in [-0.25, -0.2) is 0 Å². The maximum absolute atomic E-state index is 13.5. The molecule has 1 saturated heterocycles. The summed E-state index contributed by atoms with van der Waals surface area (Å²) >= 11 is 0. The van der Waals surface area contributed by atoms with E-state index >= 15 is 0 Å². The second-order valence-corrected chi connectivity index (χ2v) is 9.43. The summed E-state index contributed by atoms with van der Waals surface area (Å²) in [6.45, 7) is 7.38. The van der Waals surface area contributed by atoms with Gasteiger partial charge in [0.05, 0.1) is 23.9 Å². The number of fused-ring (bicyclic) bond motifs is 1. The molecule has 0 aliphatic carbocycles. The van der Waals surface area contributed by atoms with Crippen LogP contribution in [0.15, 0.2) is 48.5 Å². The van der Waals surface area contributed by atoms with Gasteiger partial charge in [-0.2, -0.15) is 0 Å². The van der Waals surface area contributed by atoms with Gasteiger partial charge in [-0.3, -0.25) is 9.59 Å². The zero-order valence-corrected chi connectivity index (χ0v) is 20.4. The summed E-state index contributed by atoms with van der Waals surface area (Å²) in [6.07, 6.45) is 1.81. The molecule has 1 fully saturated rings. The maximum Gasteiger partial charge on any atom is 0.256 e. The number of methoxy groups -OCH3 is 1.